The van der Waals surface area contributed by atoms with Crippen LogP contribution in [0.1, 0.15) is 0 Å². The van der Waals surface area contributed by atoms with Crippen molar-refractivity contribution in [2.24, 2.45) is 0 Å². The quantitative estimate of drug-likeness (QED) is 0.177. The lowest BCUT2D eigenvalue weighted by molar-refractivity contribution is 1.17. The van der Waals surface area contributed by atoms with Crippen LogP contribution in [0.4, 0.5) is 11.4 Å². The van der Waals surface area contributed by atoms with E-state index in [1.54, 1.807) is 0 Å². The first-order chi connectivity index (χ1) is 23.7. The van der Waals surface area contributed by atoms with Crippen LogP contribution in [0.3, 0.4) is 0 Å². The van der Waals surface area contributed by atoms with E-state index >= 15 is 0 Å². The molecule has 0 atom stereocenters. The van der Waals surface area contributed by atoms with Gasteiger partial charge in [0, 0.05) is 27.4 Å². The molecule has 2 aromatic heterocycles. The molecule has 0 fully saturated rings. The summed E-state index contributed by atoms with van der Waals surface area (Å²) in [6, 6.07) is 54.6. The lowest BCUT2D eigenvalue weighted by Gasteiger charge is -2.19. The Balaban J connectivity index is 1.38. The molecule has 2 heterocycles. The van der Waals surface area contributed by atoms with Crippen LogP contribution in [-0.4, -0.2) is 9.13 Å². The number of rotatable bonds is 4. The minimum atomic E-state index is 0.603. The van der Waals surface area contributed by atoms with Crippen LogP contribution in [0.5, 0.6) is 0 Å². The van der Waals surface area contributed by atoms with Gasteiger partial charge < -0.3 is 9.13 Å². The van der Waals surface area contributed by atoms with Crippen molar-refractivity contribution in [1.29, 1.82) is 0 Å². The molecule has 0 bridgehead atoms. The summed E-state index contributed by atoms with van der Waals surface area (Å²) in [6.07, 6.45) is 0. The molecule has 0 aliphatic rings. The van der Waals surface area contributed by atoms with Crippen molar-refractivity contribution in [1.82, 2.24) is 9.13 Å². The van der Waals surface area contributed by atoms with E-state index in [-0.39, 0.29) is 0 Å². The van der Waals surface area contributed by atoms with Gasteiger partial charge in [0.15, 0.2) is 11.4 Å². The number of nitrogens with zero attached hydrogens (tertiary/aromatic N) is 4. The maximum absolute atomic E-state index is 7.73. The van der Waals surface area contributed by atoms with Crippen molar-refractivity contribution >= 4 is 55.0 Å². The summed E-state index contributed by atoms with van der Waals surface area (Å²) >= 11 is 0. The fraction of sp³-hybridized carbons (Fsp3) is 0. The zero-order valence-corrected chi connectivity index (χ0v) is 25.8. The van der Waals surface area contributed by atoms with Gasteiger partial charge in [0.2, 0.25) is 0 Å². The Labute approximate surface area is 277 Å². The largest absolute Gasteiger partial charge is 0.309 e. The van der Waals surface area contributed by atoms with Crippen LogP contribution >= 0.6 is 0 Å². The number of fused-ring (bicyclic) bond motifs is 6. The molecule has 0 N–H and O–H groups in total. The number of benzene rings is 7. The van der Waals surface area contributed by atoms with E-state index in [0.29, 0.717) is 11.4 Å². The Morgan fingerprint density at radius 3 is 1.67 bits per heavy atom. The third kappa shape index (κ3) is 4.14. The highest BCUT2D eigenvalue weighted by Crippen LogP contribution is 2.43. The van der Waals surface area contributed by atoms with Gasteiger partial charge in [0.05, 0.1) is 40.9 Å². The molecule has 0 saturated heterocycles. The first kappa shape index (κ1) is 27.4. The smallest absolute Gasteiger partial charge is 0.188 e. The highest BCUT2D eigenvalue weighted by molar-refractivity contribution is 6.12. The maximum Gasteiger partial charge on any atom is 0.188 e. The van der Waals surface area contributed by atoms with Crippen molar-refractivity contribution < 1.29 is 0 Å². The third-order valence-electron chi connectivity index (χ3n) is 9.33. The van der Waals surface area contributed by atoms with Gasteiger partial charge in [-0.3, -0.25) is 0 Å². The molecule has 48 heavy (non-hydrogen) atoms. The van der Waals surface area contributed by atoms with Crippen molar-refractivity contribution in [3.8, 4) is 33.6 Å². The predicted octanol–water partition coefficient (Wildman–Crippen LogP) is 12.3. The van der Waals surface area contributed by atoms with Gasteiger partial charge in [-0.05, 0) is 76.7 Å². The second-order valence-electron chi connectivity index (χ2n) is 11.9. The monoisotopic (exact) mass is 610 g/mol. The average molecular weight is 611 g/mol. The van der Waals surface area contributed by atoms with Crippen LogP contribution in [0.15, 0.2) is 158 Å². The first-order valence-corrected chi connectivity index (χ1v) is 15.8. The van der Waals surface area contributed by atoms with Crippen molar-refractivity contribution in [2.75, 3.05) is 0 Å². The summed E-state index contributed by atoms with van der Waals surface area (Å²) in [5.41, 5.74) is 11.9. The van der Waals surface area contributed by atoms with Crippen LogP contribution in [0.2, 0.25) is 0 Å². The maximum atomic E-state index is 7.73. The Hall–Kier alpha value is -6.88. The van der Waals surface area contributed by atoms with E-state index in [1.165, 1.54) is 10.8 Å². The van der Waals surface area contributed by atoms with E-state index in [2.05, 4.69) is 146 Å². The van der Waals surface area contributed by atoms with E-state index < -0.39 is 0 Å². The van der Waals surface area contributed by atoms with Gasteiger partial charge >= 0.3 is 0 Å². The van der Waals surface area contributed by atoms with Crippen molar-refractivity contribution in [3.63, 3.8) is 0 Å². The molecular weight excluding hydrogens is 585 g/mol. The van der Waals surface area contributed by atoms with E-state index in [0.717, 1.165) is 66.5 Å². The summed E-state index contributed by atoms with van der Waals surface area (Å²) in [5.74, 6) is 0. The highest BCUT2D eigenvalue weighted by atomic mass is 15.0. The van der Waals surface area contributed by atoms with Crippen LogP contribution in [-0.2, 0) is 0 Å². The number of hydrogen-bond acceptors (Lipinski definition) is 0. The second kappa shape index (κ2) is 10.9. The zero-order valence-electron chi connectivity index (χ0n) is 25.8. The minimum absolute atomic E-state index is 0.603. The van der Waals surface area contributed by atoms with Gasteiger partial charge in [-0.25, -0.2) is 9.69 Å². The summed E-state index contributed by atoms with van der Waals surface area (Å²) < 4.78 is 4.67. The Bertz CT molecular complexity index is 2760. The Kier molecular flexibility index (Phi) is 6.22. The molecule has 9 rings (SSSR count). The number of hydrogen-bond donors (Lipinski definition) is 0. The molecule has 9 aromatic rings. The van der Waals surface area contributed by atoms with Gasteiger partial charge in [0.1, 0.15) is 0 Å². The van der Waals surface area contributed by atoms with Crippen LogP contribution in [0, 0.1) is 13.1 Å². The third-order valence-corrected chi connectivity index (χ3v) is 9.33. The van der Waals surface area contributed by atoms with Gasteiger partial charge in [-0.15, -0.1) is 0 Å². The molecule has 0 spiro atoms. The molecule has 222 valence electrons. The molecule has 0 unspecified atom stereocenters. The molecule has 0 amide bonds. The van der Waals surface area contributed by atoms with Crippen LogP contribution < -0.4 is 0 Å². The minimum Gasteiger partial charge on any atom is -0.309 e. The van der Waals surface area contributed by atoms with Crippen molar-refractivity contribution in [2.45, 2.75) is 0 Å². The molecule has 0 aliphatic carbocycles. The fourth-order valence-electron chi connectivity index (χ4n) is 7.30. The molecule has 4 heteroatoms. The predicted molar refractivity (Wildman–Crippen MR) is 199 cm³/mol. The molecule has 4 nitrogen and oxygen atoms in total. The molecule has 0 saturated carbocycles. The second-order valence-corrected chi connectivity index (χ2v) is 11.9. The molecular formula is C44H26N4. The normalized spacial score (nSPS) is 11.3. The highest BCUT2D eigenvalue weighted by Gasteiger charge is 2.20. The van der Waals surface area contributed by atoms with E-state index in [9.17, 15) is 0 Å². The van der Waals surface area contributed by atoms with Gasteiger partial charge in [0.25, 0.3) is 0 Å². The lowest BCUT2D eigenvalue weighted by atomic mass is 9.92. The van der Waals surface area contributed by atoms with Crippen LogP contribution in [0.25, 0.3) is 86.9 Å². The van der Waals surface area contributed by atoms with E-state index in [4.69, 9.17) is 13.1 Å². The Morgan fingerprint density at radius 1 is 0.396 bits per heavy atom. The zero-order chi connectivity index (χ0) is 32.2. The SMILES string of the molecule is [C-]#[N+]c1cccc(-c2cccc(-n3c4ccccc4c4cc([N+]#[C-])ccc43)c2-c2cccc(-n3c4ccccc4c4ccccc43)c2)c1. The topological polar surface area (TPSA) is 18.6 Å². The van der Waals surface area contributed by atoms with Gasteiger partial charge in [-0.1, -0.05) is 103 Å². The first-order valence-electron chi connectivity index (χ1n) is 15.8. The fourth-order valence-corrected chi connectivity index (χ4v) is 7.30. The van der Waals surface area contributed by atoms with Crippen molar-refractivity contribution in [3.05, 3.63) is 181 Å². The summed E-state index contributed by atoms with van der Waals surface area (Å²) in [5, 5.41) is 4.59. The Morgan fingerprint density at radius 2 is 0.958 bits per heavy atom. The lowest BCUT2D eigenvalue weighted by Crippen LogP contribution is -2.00. The summed E-state index contributed by atoms with van der Waals surface area (Å²) in [7, 11) is 0. The average Bonchev–Trinajstić information content (AvgIpc) is 3.67. The number of para-hydroxylation sites is 3. The summed E-state index contributed by atoms with van der Waals surface area (Å²) in [6.45, 7) is 15.4. The van der Waals surface area contributed by atoms with E-state index in [1.807, 2.05) is 30.3 Å². The standard InChI is InChI=1S/C44H26N4/c1-45-31-14-9-12-29(26-31)34-19-11-23-43(48-41-22-8-5-18-37(41)38-28-32(46-2)24-25-42(38)48)44(34)30-13-10-15-33(27-30)47-39-20-6-3-16-35(39)36-17-4-7-21-40(36)47/h3-28H. The van der Waals surface area contributed by atoms with Gasteiger partial charge in [-0.2, -0.15) is 0 Å². The summed E-state index contributed by atoms with van der Waals surface area (Å²) in [4.78, 5) is 7.49. The molecule has 0 aliphatic heterocycles. The number of aromatic nitrogens is 2. The molecule has 0 radical (unpaired) electrons. The molecule has 7 aromatic carbocycles.